The number of thioether (sulfide) groups is 1. The molecule has 0 radical (unpaired) electrons. The highest BCUT2D eigenvalue weighted by atomic mass is 32.2. The second-order valence-corrected chi connectivity index (χ2v) is 9.15. The van der Waals surface area contributed by atoms with E-state index in [1.807, 2.05) is 50.4 Å². The normalized spacial score (nSPS) is 13.4. The van der Waals surface area contributed by atoms with E-state index in [1.165, 1.54) is 18.9 Å². The monoisotopic (exact) mass is 495 g/mol. The standard InChI is InChI=1S/C24H37N3O6S/c1-6-33-24(31)27-18(12-13-34-5)21(28)25-19(14-16(2)3)22(29)26-20(23(30)32-4)15-17-10-8-7-9-11-17/h7-11,16,18-20H,6,12-15H2,1-5H3,(H,25,28)(H,26,29)(H,27,31)/t18-,19-,20-/m0/s1. The number of amides is 3. The minimum Gasteiger partial charge on any atom is -0.467 e. The maximum Gasteiger partial charge on any atom is 0.407 e. The highest BCUT2D eigenvalue weighted by Crippen LogP contribution is 2.10. The number of carbonyl (C=O) groups is 4. The van der Waals surface area contributed by atoms with E-state index >= 15 is 0 Å². The topological polar surface area (TPSA) is 123 Å². The zero-order chi connectivity index (χ0) is 25.5. The molecule has 0 aliphatic rings. The van der Waals surface area contributed by atoms with Crippen LogP contribution < -0.4 is 16.0 Å². The van der Waals surface area contributed by atoms with Gasteiger partial charge in [0.15, 0.2) is 0 Å². The lowest BCUT2D eigenvalue weighted by atomic mass is 10.0. The Kier molecular flexibility index (Phi) is 13.8. The fourth-order valence-electron chi connectivity index (χ4n) is 3.25. The Balaban J connectivity index is 2.98. The minimum atomic E-state index is -0.906. The predicted octanol–water partition coefficient (Wildman–Crippen LogP) is 2.29. The molecule has 0 bridgehead atoms. The molecule has 0 fully saturated rings. The first-order valence-corrected chi connectivity index (χ1v) is 12.8. The average molecular weight is 496 g/mol. The SMILES string of the molecule is CCOC(=O)N[C@@H](CCSC)C(=O)N[C@@H](CC(C)C)C(=O)N[C@@H](Cc1ccccc1)C(=O)OC. The lowest BCUT2D eigenvalue weighted by molar-refractivity contribution is -0.145. The Morgan fingerprint density at radius 2 is 1.56 bits per heavy atom. The van der Waals surface area contributed by atoms with Crippen LogP contribution in [0, 0.1) is 5.92 Å². The van der Waals surface area contributed by atoms with Gasteiger partial charge in [0.05, 0.1) is 13.7 Å². The van der Waals surface area contributed by atoms with Gasteiger partial charge in [-0.25, -0.2) is 9.59 Å². The molecule has 0 aliphatic heterocycles. The van der Waals surface area contributed by atoms with Gasteiger partial charge < -0.3 is 25.4 Å². The van der Waals surface area contributed by atoms with Crippen LogP contribution in [0.3, 0.4) is 0 Å². The number of esters is 1. The number of ether oxygens (including phenoxy) is 2. The van der Waals surface area contributed by atoms with Crippen LogP contribution in [0.15, 0.2) is 30.3 Å². The number of methoxy groups -OCH3 is 1. The van der Waals surface area contributed by atoms with E-state index in [0.717, 1.165) is 5.56 Å². The highest BCUT2D eigenvalue weighted by Gasteiger charge is 2.30. The van der Waals surface area contributed by atoms with Gasteiger partial charge in [0.1, 0.15) is 18.1 Å². The van der Waals surface area contributed by atoms with Gasteiger partial charge in [-0.2, -0.15) is 11.8 Å². The number of hydrogen-bond acceptors (Lipinski definition) is 7. The Morgan fingerprint density at radius 1 is 0.941 bits per heavy atom. The minimum absolute atomic E-state index is 0.0874. The molecule has 3 N–H and O–H groups in total. The van der Waals surface area contributed by atoms with Crippen molar-refractivity contribution in [3.05, 3.63) is 35.9 Å². The van der Waals surface area contributed by atoms with Gasteiger partial charge in [-0.3, -0.25) is 9.59 Å². The molecule has 0 saturated carbocycles. The van der Waals surface area contributed by atoms with Crippen LogP contribution in [-0.4, -0.2) is 67.7 Å². The van der Waals surface area contributed by atoms with Crippen LogP contribution >= 0.6 is 11.8 Å². The third-order valence-electron chi connectivity index (χ3n) is 4.92. The van der Waals surface area contributed by atoms with E-state index in [4.69, 9.17) is 9.47 Å². The average Bonchev–Trinajstić information content (AvgIpc) is 2.80. The highest BCUT2D eigenvalue weighted by molar-refractivity contribution is 7.98. The quantitative estimate of drug-likeness (QED) is 0.338. The summed E-state index contributed by atoms with van der Waals surface area (Å²) in [6.07, 6.45) is 2.19. The van der Waals surface area contributed by atoms with Crippen molar-refractivity contribution < 1.29 is 28.7 Å². The summed E-state index contributed by atoms with van der Waals surface area (Å²) in [5, 5.41) is 8.03. The molecule has 34 heavy (non-hydrogen) atoms. The number of hydrogen-bond donors (Lipinski definition) is 3. The maximum absolute atomic E-state index is 13.1. The van der Waals surface area contributed by atoms with E-state index in [2.05, 4.69) is 16.0 Å². The van der Waals surface area contributed by atoms with Crippen LogP contribution in [-0.2, 0) is 30.3 Å². The van der Waals surface area contributed by atoms with Gasteiger partial charge in [-0.1, -0.05) is 44.2 Å². The van der Waals surface area contributed by atoms with Crippen LogP contribution in [0.25, 0.3) is 0 Å². The molecular weight excluding hydrogens is 458 g/mol. The number of carbonyl (C=O) groups excluding carboxylic acids is 4. The summed E-state index contributed by atoms with van der Waals surface area (Å²) in [6, 6.07) is 6.61. The Hall–Kier alpha value is -2.75. The number of benzene rings is 1. The molecule has 10 heteroatoms. The van der Waals surface area contributed by atoms with Crippen molar-refractivity contribution in [3.8, 4) is 0 Å². The Morgan fingerprint density at radius 3 is 2.12 bits per heavy atom. The van der Waals surface area contributed by atoms with Crippen LogP contribution in [0.1, 0.15) is 39.2 Å². The second-order valence-electron chi connectivity index (χ2n) is 8.16. The van der Waals surface area contributed by atoms with Gasteiger partial charge in [0.25, 0.3) is 0 Å². The lowest BCUT2D eigenvalue weighted by Crippen LogP contribution is -2.56. The largest absolute Gasteiger partial charge is 0.467 e. The third kappa shape index (κ3) is 10.9. The summed E-state index contributed by atoms with van der Waals surface area (Å²) in [6.45, 7) is 5.71. The van der Waals surface area contributed by atoms with Gasteiger partial charge in [-0.15, -0.1) is 0 Å². The third-order valence-corrected chi connectivity index (χ3v) is 5.56. The Labute approximate surface area is 206 Å². The first-order valence-electron chi connectivity index (χ1n) is 11.4. The van der Waals surface area contributed by atoms with Gasteiger partial charge in [0.2, 0.25) is 11.8 Å². The molecule has 0 unspecified atom stereocenters. The van der Waals surface area contributed by atoms with Crippen molar-refractivity contribution in [1.82, 2.24) is 16.0 Å². The smallest absolute Gasteiger partial charge is 0.407 e. The maximum atomic E-state index is 13.1. The summed E-state index contributed by atoms with van der Waals surface area (Å²) in [5.41, 5.74) is 0.860. The summed E-state index contributed by atoms with van der Waals surface area (Å²) < 4.78 is 9.77. The summed E-state index contributed by atoms with van der Waals surface area (Å²) >= 11 is 1.54. The van der Waals surface area contributed by atoms with E-state index in [-0.39, 0.29) is 18.9 Å². The zero-order valence-corrected chi connectivity index (χ0v) is 21.4. The number of alkyl carbamates (subject to hydrolysis) is 1. The molecule has 0 saturated heterocycles. The molecule has 0 spiro atoms. The van der Waals surface area contributed by atoms with Crippen LogP contribution in [0.4, 0.5) is 4.79 Å². The Bertz CT molecular complexity index is 790. The molecule has 3 atom stereocenters. The fraction of sp³-hybridized carbons (Fsp3) is 0.583. The molecule has 0 aromatic heterocycles. The lowest BCUT2D eigenvalue weighted by Gasteiger charge is -2.25. The van der Waals surface area contributed by atoms with Crippen molar-refractivity contribution in [3.63, 3.8) is 0 Å². The molecule has 9 nitrogen and oxygen atoms in total. The van der Waals surface area contributed by atoms with E-state index in [0.29, 0.717) is 18.6 Å². The summed E-state index contributed by atoms with van der Waals surface area (Å²) in [5.74, 6) is -0.834. The van der Waals surface area contributed by atoms with Crippen molar-refractivity contribution in [2.45, 2.75) is 58.2 Å². The molecule has 190 valence electrons. The van der Waals surface area contributed by atoms with Crippen molar-refractivity contribution in [1.29, 1.82) is 0 Å². The molecule has 0 heterocycles. The van der Waals surface area contributed by atoms with Gasteiger partial charge in [0, 0.05) is 6.42 Å². The summed E-state index contributed by atoms with van der Waals surface area (Å²) in [4.78, 5) is 50.4. The molecular formula is C24H37N3O6S. The van der Waals surface area contributed by atoms with E-state index < -0.39 is 42.0 Å². The van der Waals surface area contributed by atoms with Crippen molar-refractivity contribution in [2.24, 2.45) is 5.92 Å². The molecule has 1 rings (SSSR count). The number of rotatable bonds is 14. The fourth-order valence-corrected chi connectivity index (χ4v) is 3.72. The first kappa shape index (κ1) is 29.3. The summed E-state index contributed by atoms with van der Waals surface area (Å²) in [7, 11) is 1.26. The number of nitrogens with one attached hydrogen (secondary N) is 3. The molecule has 1 aromatic carbocycles. The molecule has 0 aliphatic carbocycles. The van der Waals surface area contributed by atoms with Crippen LogP contribution in [0.2, 0.25) is 0 Å². The predicted molar refractivity (Wildman–Crippen MR) is 132 cm³/mol. The molecule has 3 amide bonds. The van der Waals surface area contributed by atoms with Gasteiger partial charge in [-0.05, 0) is 43.3 Å². The van der Waals surface area contributed by atoms with Gasteiger partial charge >= 0.3 is 12.1 Å². The van der Waals surface area contributed by atoms with Crippen molar-refractivity contribution >= 4 is 35.6 Å². The second kappa shape index (κ2) is 16.0. The van der Waals surface area contributed by atoms with E-state index in [1.54, 1.807) is 6.92 Å². The van der Waals surface area contributed by atoms with Crippen molar-refractivity contribution in [2.75, 3.05) is 25.7 Å². The molecule has 1 aromatic rings. The van der Waals surface area contributed by atoms with E-state index in [9.17, 15) is 19.2 Å². The van der Waals surface area contributed by atoms with Crippen LogP contribution in [0.5, 0.6) is 0 Å². The first-order chi connectivity index (χ1) is 16.2. The zero-order valence-electron chi connectivity index (χ0n) is 20.6.